The molecule has 70 valence electrons. The lowest BCUT2D eigenvalue weighted by Gasteiger charge is -2.07. The largest absolute Gasteiger partial charge is 0.409 e. The predicted molar refractivity (Wildman–Crippen MR) is 45.2 cm³/mol. The van der Waals surface area contributed by atoms with E-state index in [9.17, 15) is 0 Å². The number of rotatable bonds is 4. The number of amidine groups is 2. The molecule has 0 saturated heterocycles. The zero-order chi connectivity index (χ0) is 9.56. The van der Waals surface area contributed by atoms with Crippen molar-refractivity contribution in [1.82, 2.24) is 0 Å². The maximum atomic E-state index is 8.28. The van der Waals surface area contributed by atoms with Crippen molar-refractivity contribution in [3.63, 3.8) is 0 Å². The Morgan fingerprint density at radius 1 is 1.33 bits per heavy atom. The quantitative estimate of drug-likeness (QED) is 0.206. The fourth-order valence-electron chi connectivity index (χ4n) is 0.661. The molecule has 0 fully saturated rings. The molecule has 6 nitrogen and oxygen atoms in total. The van der Waals surface area contributed by atoms with Gasteiger partial charge in [0.25, 0.3) is 0 Å². The highest BCUT2D eigenvalue weighted by atomic mass is 16.4. The first-order valence-corrected chi connectivity index (χ1v) is 3.55. The second-order valence-electron chi connectivity index (χ2n) is 2.56. The predicted octanol–water partition coefficient (Wildman–Crippen LogP) is -0.104. The first-order chi connectivity index (χ1) is 5.61. The highest BCUT2D eigenvalue weighted by Crippen LogP contribution is 2.04. The van der Waals surface area contributed by atoms with Crippen LogP contribution in [0.15, 0.2) is 10.3 Å². The Morgan fingerprint density at radius 3 is 2.33 bits per heavy atom. The monoisotopic (exact) mass is 174 g/mol. The van der Waals surface area contributed by atoms with Crippen molar-refractivity contribution in [3.8, 4) is 0 Å². The van der Waals surface area contributed by atoms with Gasteiger partial charge >= 0.3 is 0 Å². The van der Waals surface area contributed by atoms with Gasteiger partial charge in [-0.05, 0) is 6.42 Å². The number of oxime groups is 2. The first-order valence-electron chi connectivity index (χ1n) is 3.55. The zero-order valence-electron chi connectivity index (χ0n) is 6.94. The lowest BCUT2D eigenvalue weighted by molar-refractivity contribution is 0.313. The van der Waals surface area contributed by atoms with E-state index in [4.69, 9.17) is 21.9 Å². The van der Waals surface area contributed by atoms with Crippen molar-refractivity contribution < 1.29 is 10.4 Å². The molecular formula is C6H14N4O2. The Hall–Kier alpha value is -1.46. The van der Waals surface area contributed by atoms with Gasteiger partial charge in [-0.2, -0.15) is 0 Å². The minimum Gasteiger partial charge on any atom is -0.409 e. The van der Waals surface area contributed by atoms with Gasteiger partial charge in [0.05, 0.1) is 0 Å². The molecule has 0 aromatic carbocycles. The summed E-state index contributed by atoms with van der Waals surface area (Å²) in [4.78, 5) is 0. The van der Waals surface area contributed by atoms with Crippen LogP contribution >= 0.6 is 0 Å². The minimum atomic E-state index is -0.0738. The summed E-state index contributed by atoms with van der Waals surface area (Å²) >= 11 is 0. The SMILES string of the molecule is CC(CCC(N)=NO)C(N)=NO. The standard InChI is InChI=1S/C6H14N4O2/c1-4(6(8)10-12)2-3-5(7)9-11/h4,11-12H,2-3H2,1H3,(H2,7,9)(H2,8,10). The molecule has 0 spiro atoms. The van der Waals surface area contributed by atoms with Gasteiger partial charge < -0.3 is 21.9 Å². The van der Waals surface area contributed by atoms with E-state index in [-0.39, 0.29) is 17.6 Å². The maximum absolute atomic E-state index is 8.28. The third-order valence-corrected chi connectivity index (χ3v) is 1.58. The smallest absolute Gasteiger partial charge is 0.141 e. The van der Waals surface area contributed by atoms with E-state index in [0.29, 0.717) is 12.8 Å². The number of nitrogens with two attached hydrogens (primary N) is 2. The van der Waals surface area contributed by atoms with Crippen LogP contribution in [-0.2, 0) is 0 Å². The second kappa shape index (κ2) is 5.22. The number of nitrogens with zero attached hydrogens (tertiary/aromatic N) is 2. The van der Waals surface area contributed by atoms with Crippen LogP contribution in [0.3, 0.4) is 0 Å². The molecule has 0 aliphatic heterocycles. The van der Waals surface area contributed by atoms with Crippen LogP contribution in [0, 0.1) is 5.92 Å². The molecule has 1 unspecified atom stereocenters. The van der Waals surface area contributed by atoms with Gasteiger partial charge in [0.2, 0.25) is 0 Å². The van der Waals surface area contributed by atoms with Crippen LogP contribution in [0.1, 0.15) is 19.8 Å². The van der Waals surface area contributed by atoms with Gasteiger partial charge in [-0.1, -0.05) is 17.2 Å². The molecule has 0 aromatic heterocycles. The van der Waals surface area contributed by atoms with Crippen LogP contribution in [0.25, 0.3) is 0 Å². The zero-order valence-corrected chi connectivity index (χ0v) is 6.94. The van der Waals surface area contributed by atoms with E-state index in [0.717, 1.165) is 0 Å². The third-order valence-electron chi connectivity index (χ3n) is 1.58. The van der Waals surface area contributed by atoms with E-state index in [1.54, 1.807) is 6.92 Å². The fraction of sp³-hybridized carbons (Fsp3) is 0.667. The van der Waals surface area contributed by atoms with E-state index >= 15 is 0 Å². The Labute approximate surface area is 70.5 Å². The summed E-state index contributed by atoms with van der Waals surface area (Å²) in [5.41, 5.74) is 10.5. The van der Waals surface area contributed by atoms with Crippen LogP contribution in [-0.4, -0.2) is 22.1 Å². The lowest BCUT2D eigenvalue weighted by atomic mass is 10.0. The summed E-state index contributed by atoms with van der Waals surface area (Å²) in [5, 5.41) is 22.1. The van der Waals surface area contributed by atoms with Gasteiger partial charge in [0.1, 0.15) is 11.7 Å². The summed E-state index contributed by atoms with van der Waals surface area (Å²) in [7, 11) is 0. The number of hydrogen-bond acceptors (Lipinski definition) is 4. The lowest BCUT2D eigenvalue weighted by Crippen LogP contribution is -2.23. The molecule has 12 heavy (non-hydrogen) atoms. The first kappa shape index (κ1) is 10.5. The molecule has 6 N–H and O–H groups in total. The van der Waals surface area contributed by atoms with Crippen molar-refractivity contribution in [2.45, 2.75) is 19.8 Å². The molecular weight excluding hydrogens is 160 g/mol. The molecule has 6 heteroatoms. The van der Waals surface area contributed by atoms with E-state index in [1.165, 1.54) is 0 Å². The van der Waals surface area contributed by atoms with Crippen molar-refractivity contribution in [2.24, 2.45) is 27.7 Å². The molecule has 0 aliphatic carbocycles. The minimum absolute atomic E-state index is 0.0738. The van der Waals surface area contributed by atoms with Crippen LogP contribution in [0.2, 0.25) is 0 Å². The Balaban J connectivity index is 3.79. The van der Waals surface area contributed by atoms with Gasteiger partial charge in [0.15, 0.2) is 0 Å². The van der Waals surface area contributed by atoms with Crippen LogP contribution in [0.4, 0.5) is 0 Å². The molecule has 0 bridgehead atoms. The Bertz CT molecular complexity index is 190. The van der Waals surface area contributed by atoms with Gasteiger partial charge in [-0.3, -0.25) is 0 Å². The average Bonchev–Trinajstić information content (AvgIpc) is 2.11. The third kappa shape index (κ3) is 3.65. The molecule has 0 amide bonds. The summed E-state index contributed by atoms with van der Waals surface area (Å²) < 4.78 is 0. The second-order valence-corrected chi connectivity index (χ2v) is 2.56. The van der Waals surface area contributed by atoms with Crippen LogP contribution in [0.5, 0.6) is 0 Å². The summed E-state index contributed by atoms with van der Waals surface area (Å²) in [6.45, 7) is 1.79. The topological polar surface area (TPSA) is 117 Å². The van der Waals surface area contributed by atoms with Crippen molar-refractivity contribution in [2.75, 3.05) is 0 Å². The maximum Gasteiger partial charge on any atom is 0.141 e. The van der Waals surface area contributed by atoms with E-state index in [2.05, 4.69) is 10.3 Å². The Morgan fingerprint density at radius 2 is 1.92 bits per heavy atom. The molecule has 0 saturated carbocycles. The van der Waals surface area contributed by atoms with Crippen molar-refractivity contribution >= 4 is 11.7 Å². The normalized spacial score (nSPS) is 16.1. The molecule has 0 aromatic rings. The molecule has 0 heterocycles. The van der Waals surface area contributed by atoms with E-state index < -0.39 is 0 Å². The molecule has 1 atom stereocenters. The summed E-state index contributed by atoms with van der Waals surface area (Å²) in [5.74, 6) is 0.226. The van der Waals surface area contributed by atoms with Gasteiger partial charge in [-0.25, -0.2) is 0 Å². The van der Waals surface area contributed by atoms with Crippen molar-refractivity contribution in [1.29, 1.82) is 0 Å². The van der Waals surface area contributed by atoms with Gasteiger partial charge in [-0.15, -0.1) is 0 Å². The van der Waals surface area contributed by atoms with E-state index in [1.807, 2.05) is 0 Å². The fourth-order valence-corrected chi connectivity index (χ4v) is 0.661. The Kier molecular flexibility index (Phi) is 4.59. The highest BCUT2D eigenvalue weighted by molar-refractivity contribution is 5.83. The van der Waals surface area contributed by atoms with Crippen molar-refractivity contribution in [3.05, 3.63) is 0 Å². The summed E-state index contributed by atoms with van der Waals surface area (Å²) in [6, 6.07) is 0. The molecule has 0 radical (unpaired) electrons. The van der Waals surface area contributed by atoms with Crippen LogP contribution < -0.4 is 11.5 Å². The molecule has 0 aliphatic rings. The summed E-state index contributed by atoms with van der Waals surface area (Å²) in [6.07, 6.45) is 1.01. The molecule has 0 rings (SSSR count). The number of hydrogen-bond donors (Lipinski definition) is 4. The van der Waals surface area contributed by atoms with Gasteiger partial charge in [0, 0.05) is 12.3 Å². The highest BCUT2D eigenvalue weighted by Gasteiger charge is 2.07. The average molecular weight is 174 g/mol.